The molecule has 102 valence electrons. The summed E-state index contributed by atoms with van der Waals surface area (Å²) in [6.45, 7) is 2.41. The Labute approximate surface area is 114 Å². The molecule has 0 amide bonds. The second kappa shape index (κ2) is 8.40. The fourth-order valence-electron chi connectivity index (χ4n) is 1.70. The molecule has 0 aliphatic carbocycles. The number of ether oxygens (including phenoxy) is 1. The van der Waals surface area contributed by atoms with Gasteiger partial charge in [-0.25, -0.2) is 0 Å². The van der Waals surface area contributed by atoms with Crippen molar-refractivity contribution in [2.75, 3.05) is 26.5 Å². The normalized spacial score (nSPS) is 12.4. The molecule has 0 radical (unpaired) electrons. The minimum absolute atomic E-state index is 0.265. The number of benzene rings is 1. The van der Waals surface area contributed by atoms with E-state index in [4.69, 9.17) is 9.84 Å². The molecule has 0 saturated carbocycles. The van der Waals surface area contributed by atoms with Crippen LogP contribution in [0.25, 0.3) is 0 Å². The summed E-state index contributed by atoms with van der Waals surface area (Å²) in [6, 6.07) is 6.68. The summed E-state index contributed by atoms with van der Waals surface area (Å²) >= 11 is 1.83. The zero-order chi connectivity index (χ0) is 13.4. The van der Waals surface area contributed by atoms with Crippen molar-refractivity contribution in [1.29, 1.82) is 0 Å². The number of hydrogen-bond acceptors (Lipinski definition) is 4. The van der Waals surface area contributed by atoms with Gasteiger partial charge in [-0.1, -0.05) is 6.07 Å². The van der Waals surface area contributed by atoms with Crippen molar-refractivity contribution in [3.05, 3.63) is 29.3 Å². The third kappa shape index (κ3) is 4.52. The number of rotatable bonds is 8. The predicted octanol–water partition coefficient (Wildman–Crippen LogP) is 2.59. The van der Waals surface area contributed by atoms with Gasteiger partial charge in [0.05, 0.1) is 7.11 Å². The van der Waals surface area contributed by atoms with Gasteiger partial charge in [0, 0.05) is 24.0 Å². The van der Waals surface area contributed by atoms with E-state index in [2.05, 4.69) is 24.4 Å². The second-order valence-corrected chi connectivity index (χ2v) is 5.32. The molecular formula is C14H23NO2S. The molecular weight excluding hydrogens is 246 g/mol. The molecule has 0 aromatic heterocycles. The molecule has 1 unspecified atom stereocenters. The minimum Gasteiger partial charge on any atom is -0.496 e. The maximum atomic E-state index is 8.77. The van der Waals surface area contributed by atoms with Crippen LogP contribution in [-0.2, 0) is 5.75 Å². The first kappa shape index (κ1) is 15.3. The van der Waals surface area contributed by atoms with Crippen molar-refractivity contribution < 1.29 is 9.84 Å². The fraction of sp³-hybridized carbons (Fsp3) is 0.571. The average molecular weight is 269 g/mol. The summed E-state index contributed by atoms with van der Waals surface area (Å²) in [5, 5.41) is 12.0. The molecule has 3 nitrogen and oxygen atoms in total. The van der Waals surface area contributed by atoms with Crippen molar-refractivity contribution in [2.24, 2.45) is 0 Å². The van der Waals surface area contributed by atoms with Gasteiger partial charge in [-0.15, -0.1) is 0 Å². The Hall–Kier alpha value is -0.710. The van der Waals surface area contributed by atoms with E-state index < -0.39 is 0 Å². The lowest BCUT2D eigenvalue weighted by Gasteiger charge is -2.15. The number of methoxy groups -OCH3 is 1. The van der Waals surface area contributed by atoms with Gasteiger partial charge in [0.2, 0.25) is 0 Å². The summed E-state index contributed by atoms with van der Waals surface area (Å²) in [7, 11) is 3.67. The molecule has 1 aromatic rings. The molecule has 0 aliphatic rings. The molecule has 0 fully saturated rings. The SMILES string of the molecule is CNC(C)c1ccc(OC)c(CSCCCO)c1. The molecule has 1 rings (SSSR count). The first-order valence-electron chi connectivity index (χ1n) is 6.25. The lowest BCUT2D eigenvalue weighted by atomic mass is 10.1. The van der Waals surface area contributed by atoms with Crippen molar-refractivity contribution in [3.63, 3.8) is 0 Å². The van der Waals surface area contributed by atoms with E-state index in [0.29, 0.717) is 6.04 Å². The van der Waals surface area contributed by atoms with Gasteiger partial charge < -0.3 is 15.2 Å². The van der Waals surface area contributed by atoms with Crippen LogP contribution in [0.3, 0.4) is 0 Å². The summed E-state index contributed by atoms with van der Waals surface area (Å²) in [4.78, 5) is 0. The third-order valence-corrected chi connectivity index (χ3v) is 4.03. The summed E-state index contributed by atoms with van der Waals surface area (Å²) in [6.07, 6.45) is 0.847. The van der Waals surface area contributed by atoms with E-state index in [9.17, 15) is 0 Å². The molecule has 0 aliphatic heterocycles. The van der Waals surface area contributed by atoms with Gasteiger partial charge in [-0.3, -0.25) is 0 Å². The number of hydrogen-bond donors (Lipinski definition) is 2. The fourth-order valence-corrected chi connectivity index (χ4v) is 2.62. The lowest BCUT2D eigenvalue weighted by molar-refractivity contribution is 0.296. The Kier molecular flexibility index (Phi) is 7.16. The zero-order valence-corrected chi connectivity index (χ0v) is 12.2. The van der Waals surface area contributed by atoms with Gasteiger partial charge in [-0.05, 0) is 43.8 Å². The van der Waals surface area contributed by atoms with Crippen LogP contribution in [0.15, 0.2) is 18.2 Å². The van der Waals surface area contributed by atoms with Crippen LogP contribution in [0.2, 0.25) is 0 Å². The van der Waals surface area contributed by atoms with Crippen LogP contribution < -0.4 is 10.1 Å². The maximum Gasteiger partial charge on any atom is 0.122 e. The van der Waals surface area contributed by atoms with Crippen LogP contribution in [0.4, 0.5) is 0 Å². The number of nitrogens with one attached hydrogen (secondary N) is 1. The number of thioether (sulfide) groups is 1. The molecule has 1 atom stereocenters. The monoisotopic (exact) mass is 269 g/mol. The molecule has 1 aromatic carbocycles. The highest BCUT2D eigenvalue weighted by molar-refractivity contribution is 7.98. The van der Waals surface area contributed by atoms with Crippen LogP contribution in [0, 0.1) is 0 Å². The summed E-state index contributed by atoms with van der Waals surface area (Å²) < 4.78 is 5.39. The van der Waals surface area contributed by atoms with Crippen molar-refractivity contribution in [2.45, 2.75) is 25.1 Å². The molecule has 0 spiro atoms. The lowest BCUT2D eigenvalue weighted by Crippen LogP contribution is -2.12. The summed E-state index contributed by atoms with van der Waals surface area (Å²) in [5.41, 5.74) is 2.50. The molecule has 4 heteroatoms. The molecule has 0 heterocycles. The Balaban J connectivity index is 2.72. The molecule has 0 saturated heterocycles. The van der Waals surface area contributed by atoms with Crippen LogP contribution in [-0.4, -0.2) is 31.6 Å². The van der Waals surface area contributed by atoms with E-state index in [0.717, 1.165) is 23.7 Å². The van der Waals surface area contributed by atoms with Gasteiger partial charge in [0.25, 0.3) is 0 Å². The number of aliphatic hydroxyl groups is 1. The third-order valence-electron chi connectivity index (χ3n) is 2.94. The van der Waals surface area contributed by atoms with Gasteiger partial charge in [-0.2, -0.15) is 11.8 Å². The van der Waals surface area contributed by atoms with Gasteiger partial charge in [0.15, 0.2) is 0 Å². The standard InChI is InChI=1S/C14H23NO2S/c1-11(15-2)12-5-6-14(17-3)13(9-12)10-18-8-4-7-16/h5-6,9,11,15-16H,4,7-8,10H2,1-3H3. The quantitative estimate of drug-likeness (QED) is 0.712. The van der Waals surface area contributed by atoms with E-state index in [1.54, 1.807) is 7.11 Å². The van der Waals surface area contributed by atoms with Crippen LogP contribution in [0.1, 0.15) is 30.5 Å². The van der Waals surface area contributed by atoms with Gasteiger partial charge >= 0.3 is 0 Å². The second-order valence-electron chi connectivity index (χ2n) is 4.21. The molecule has 2 N–H and O–H groups in total. The maximum absolute atomic E-state index is 8.77. The van der Waals surface area contributed by atoms with Crippen molar-refractivity contribution in [3.8, 4) is 5.75 Å². The van der Waals surface area contributed by atoms with Crippen LogP contribution in [0.5, 0.6) is 5.75 Å². The van der Waals surface area contributed by atoms with E-state index >= 15 is 0 Å². The largest absolute Gasteiger partial charge is 0.496 e. The van der Waals surface area contributed by atoms with Crippen molar-refractivity contribution in [1.82, 2.24) is 5.32 Å². The smallest absolute Gasteiger partial charge is 0.122 e. The van der Waals surface area contributed by atoms with E-state index in [1.165, 1.54) is 11.1 Å². The highest BCUT2D eigenvalue weighted by Crippen LogP contribution is 2.27. The first-order chi connectivity index (χ1) is 8.72. The molecule has 18 heavy (non-hydrogen) atoms. The summed E-state index contributed by atoms with van der Waals surface area (Å²) in [5.74, 6) is 2.84. The Morgan fingerprint density at radius 1 is 1.44 bits per heavy atom. The Morgan fingerprint density at radius 2 is 2.22 bits per heavy atom. The van der Waals surface area contributed by atoms with Gasteiger partial charge in [0.1, 0.15) is 5.75 Å². The van der Waals surface area contributed by atoms with Crippen molar-refractivity contribution >= 4 is 11.8 Å². The molecule has 0 bridgehead atoms. The minimum atomic E-state index is 0.265. The van der Waals surface area contributed by atoms with Crippen LogP contribution >= 0.6 is 11.8 Å². The topological polar surface area (TPSA) is 41.5 Å². The Morgan fingerprint density at radius 3 is 2.83 bits per heavy atom. The highest BCUT2D eigenvalue weighted by atomic mass is 32.2. The van der Waals surface area contributed by atoms with E-state index in [1.807, 2.05) is 24.9 Å². The Bertz CT molecular complexity index is 358. The average Bonchev–Trinajstić information content (AvgIpc) is 2.42. The first-order valence-corrected chi connectivity index (χ1v) is 7.41. The zero-order valence-electron chi connectivity index (χ0n) is 11.4. The highest BCUT2D eigenvalue weighted by Gasteiger charge is 2.08. The number of aliphatic hydroxyl groups excluding tert-OH is 1. The van der Waals surface area contributed by atoms with E-state index in [-0.39, 0.29) is 6.61 Å². The predicted molar refractivity (Wildman–Crippen MR) is 78.3 cm³/mol.